The van der Waals surface area contributed by atoms with Crippen LogP contribution in [-0.4, -0.2) is 21.1 Å². The molecule has 0 spiro atoms. The Morgan fingerprint density at radius 3 is 2.55 bits per heavy atom. The molecule has 0 fully saturated rings. The van der Waals surface area contributed by atoms with Gasteiger partial charge < -0.3 is 0 Å². The van der Waals surface area contributed by atoms with Crippen LogP contribution in [0.25, 0.3) is 10.0 Å². The Morgan fingerprint density at radius 1 is 1.05 bits per heavy atom. The van der Waals surface area contributed by atoms with Gasteiger partial charge in [-0.25, -0.2) is 0 Å². The molecule has 0 saturated heterocycles. The monoisotopic (exact) mass is 344 g/mol. The van der Waals surface area contributed by atoms with Gasteiger partial charge in [-0.2, -0.15) is 0 Å². The molecule has 1 nitrogen and oxygen atoms in total. The van der Waals surface area contributed by atoms with Crippen molar-refractivity contribution in [3.8, 4) is 15.8 Å². The number of halogens is 2. The van der Waals surface area contributed by atoms with Crippen molar-refractivity contribution in [2.75, 3.05) is 6.61 Å². The summed E-state index contributed by atoms with van der Waals surface area (Å²) in [6.45, 7) is 4.22. The van der Waals surface area contributed by atoms with E-state index in [1.807, 2.05) is 6.07 Å². The van der Waals surface area contributed by atoms with Crippen LogP contribution in [0.5, 0.6) is 5.75 Å². The Kier molecular flexibility index (Phi) is 5.38. The molecule has 0 saturated carbocycles. The molecule has 0 aliphatic heterocycles. The molecule has 0 aliphatic rings. The van der Waals surface area contributed by atoms with Crippen LogP contribution in [0.4, 0.5) is 8.78 Å². The van der Waals surface area contributed by atoms with Gasteiger partial charge in [0.15, 0.2) is 0 Å². The summed E-state index contributed by atoms with van der Waals surface area (Å²) >= 11 is 0.107. The van der Waals surface area contributed by atoms with Crippen LogP contribution in [0.2, 0.25) is 0 Å². The summed E-state index contributed by atoms with van der Waals surface area (Å²) in [5.74, 6) is -1.70. The third kappa shape index (κ3) is 3.31. The first-order chi connectivity index (χ1) is 9.67. The minimum absolute atomic E-state index is 0.0148. The standard InChI is InChI=1S/C16H18F2OSe/c1-3-5-6-11-7-10-14(20-11)12-8-9-13(19-4-2)16(18)15(12)17/h7-10H,3-6H2,1-2H3. The second kappa shape index (κ2) is 7.05. The first-order valence-corrected chi connectivity index (χ1v) is 8.58. The summed E-state index contributed by atoms with van der Waals surface area (Å²) in [4.78, 5) is 0. The molecule has 1 aromatic heterocycles. The Balaban J connectivity index is 2.28. The number of rotatable bonds is 6. The third-order valence-corrected chi connectivity index (χ3v) is 5.52. The van der Waals surface area contributed by atoms with Crippen LogP contribution >= 0.6 is 0 Å². The topological polar surface area (TPSA) is 9.23 Å². The van der Waals surface area contributed by atoms with E-state index in [1.165, 1.54) is 10.5 Å². The molecule has 0 unspecified atom stereocenters. The summed E-state index contributed by atoms with van der Waals surface area (Å²) in [6.07, 6.45) is 3.35. The van der Waals surface area contributed by atoms with Crippen molar-refractivity contribution in [2.45, 2.75) is 33.1 Å². The Morgan fingerprint density at radius 2 is 1.85 bits per heavy atom. The third-order valence-electron chi connectivity index (χ3n) is 3.05. The van der Waals surface area contributed by atoms with Gasteiger partial charge in [-0.3, -0.25) is 0 Å². The van der Waals surface area contributed by atoms with Crippen LogP contribution in [0.1, 0.15) is 31.1 Å². The number of unbranched alkanes of at least 4 members (excludes halogenated alkanes) is 1. The summed E-state index contributed by atoms with van der Waals surface area (Å²) in [6, 6.07) is 7.10. The molecule has 20 heavy (non-hydrogen) atoms. The first-order valence-electron chi connectivity index (χ1n) is 6.87. The number of hydrogen-bond donors (Lipinski definition) is 0. The number of ether oxygens (including phenoxy) is 1. The molecule has 0 atom stereocenters. The van der Waals surface area contributed by atoms with Gasteiger partial charge >= 0.3 is 124 Å². The van der Waals surface area contributed by atoms with Crippen LogP contribution in [0.15, 0.2) is 24.3 Å². The Labute approximate surface area is 124 Å². The van der Waals surface area contributed by atoms with Crippen molar-refractivity contribution in [2.24, 2.45) is 0 Å². The summed E-state index contributed by atoms with van der Waals surface area (Å²) in [7, 11) is 0. The molecule has 2 aromatic rings. The van der Waals surface area contributed by atoms with Gasteiger partial charge in [0.25, 0.3) is 0 Å². The van der Waals surface area contributed by atoms with Gasteiger partial charge in [0.1, 0.15) is 0 Å². The molecule has 0 amide bonds. The van der Waals surface area contributed by atoms with Crippen molar-refractivity contribution in [3.05, 3.63) is 40.3 Å². The van der Waals surface area contributed by atoms with E-state index in [-0.39, 0.29) is 20.3 Å². The Hall–Kier alpha value is -1.12. The van der Waals surface area contributed by atoms with Crippen molar-refractivity contribution in [3.63, 3.8) is 0 Å². The fourth-order valence-electron chi connectivity index (χ4n) is 2.00. The van der Waals surface area contributed by atoms with Gasteiger partial charge in [-0.1, -0.05) is 0 Å². The Bertz CT molecular complexity index is 578. The second-order valence-corrected chi connectivity index (χ2v) is 6.99. The molecule has 4 heteroatoms. The summed E-state index contributed by atoms with van der Waals surface area (Å²) < 4.78 is 35.3. The molecule has 0 bridgehead atoms. The second-order valence-electron chi connectivity index (χ2n) is 4.54. The van der Waals surface area contributed by atoms with Crippen molar-refractivity contribution in [1.82, 2.24) is 0 Å². The molecule has 0 aliphatic carbocycles. The molecule has 108 valence electrons. The van der Waals surface area contributed by atoms with Gasteiger partial charge in [0.2, 0.25) is 0 Å². The van der Waals surface area contributed by atoms with Crippen molar-refractivity contribution >= 4 is 14.5 Å². The van der Waals surface area contributed by atoms with E-state index >= 15 is 0 Å². The first kappa shape index (κ1) is 15.3. The van der Waals surface area contributed by atoms with Crippen LogP contribution in [-0.2, 0) is 6.42 Å². The summed E-state index contributed by atoms with van der Waals surface area (Å²) in [5, 5.41) is 0. The van der Waals surface area contributed by atoms with Gasteiger partial charge in [0.05, 0.1) is 0 Å². The zero-order valence-corrected chi connectivity index (χ0v) is 13.4. The molecule has 2 rings (SSSR count). The predicted molar refractivity (Wildman–Crippen MR) is 78.5 cm³/mol. The maximum absolute atomic E-state index is 14.1. The quantitative estimate of drug-likeness (QED) is 0.705. The molecule has 1 aromatic carbocycles. The number of aryl methyl sites for hydroxylation is 1. The number of hydrogen-bond acceptors (Lipinski definition) is 1. The molecular formula is C16H18F2OSe. The maximum atomic E-state index is 14.1. The van der Waals surface area contributed by atoms with Gasteiger partial charge in [-0.15, -0.1) is 0 Å². The van der Waals surface area contributed by atoms with E-state index in [1.54, 1.807) is 13.0 Å². The SMILES string of the molecule is CCCCc1ccc(-c2ccc(OCC)c(F)c2F)[se]1. The van der Waals surface area contributed by atoms with E-state index in [9.17, 15) is 8.78 Å². The van der Waals surface area contributed by atoms with E-state index in [2.05, 4.69) is 13.0 Å². The van der Waals surface area contributed by atoms with E-state index < -0.39 is 11.6 Å². The number of benzene rings is 1. The van der Waals surface area contributed by atoms with Crippen LogP contribution in [0.3, 0.4) is 0 Å². The van der Waals surface area contributed by atoms with Gasteiger partial charge in [-0.05, 0) is 0 Å². The van der Waals surface area contributed by atoms with Crippen molar-refractivity contribution in [1.29, 1.82) is 0 Å². The zero-order valence-electron chi connectivity index (χ0n) is 11.7. The fraction of sp³-hybridized carbons (Fsp3) is 0.375. The van der Waals surface area contributed by atoms with Crippen LogP contribution < -0.4 is 4.74 Å². The zero-order chi connectivity index (χ0) is 14.5. The van der Waals surface area contributed by atoms with E-state index in [0.717, 1.165) is 23.7 Å². The van der Waals surface area contributed by atoms with Gasteiger partial charge in [0, 0.05) is 0 Å². The van der Waals surface area contributed by atoms with Crippen LogP contribution in [0, 0.1) is 11.6 Å². The average molecular weight is 343 g/mol. The average Bonchev–Trinajstić information content (AvgIpc) is 2.90. The van der Waals surface area contributed by atoms with Crippen molar-refractivity contribution < 1.29 is 13.5 Å². The normalized spacial score (nSPS) is 10.8. The summed E-state index contributed by atoms with van der Waals surface area (Å²) in [5.41, 5.74) is 0.369. The molecule has 0 N–H and O–H groups in total. The molecular weight excluding hydrogens is 325 g/mol. The molecule has 1 heterocycles. The predicted octanol–water partition coefficient (Wildman–Crippen LogP) is 4.43. The molecule has 0 radical (unpaired) electrons. The van der Waals surface area contributed by atoms with E-state index in [4.69, 9.17) is 4.74 Å². The van der Waals surface area contributed by atoms with E-state index in [0.29, 0.717) is 12.2 Å². The minimum atomic E-state index is -0.886. The fourth-order valence-corrected chi connectivity index (χ4v) is 4.24.